The summed E-state index contributed by atoms with van der Waals surface area (Å²) in [5, 5.41) is 7.04. The predicted molar refractivity (Wildman–Crippen MR) is 122 cm³/mol. The van der Waals surface area contributed by atoms with Crippen LogP contribution in [0.15, 0.2) is 27.8 Å². The number of ether oxygens (including phenoxy) is 1. The van der Waals surface area contributed by atoms with Crippen molar-refractivity contribution in [2.75, 3.05) is 51.7 Å². The maximum Gasteiger partial charge on any atom is 0.191 e. The number of nitrogens with zero attached hydrogens (tertiary/aromatic N) is 2. The number of hydrogen-bond acceptors (Lipinski definition) is 5. The number of likely N-dealkylation sites (tertiary alicyclic amines) is 1. The summed E-state index contributed by atoms with van der Waals surface area (Å²) in [6.07, 6.45) is 7.81. The monoisotopic (exact) mass is 422 g/mol. The Morgan fingerprint density at radius 3 is 2.66 bits per heavy atom. The molecule has 0 aromatic carbocycles. The molecule has 6 nitrogen and oxygen atoms in total. The second-order valence-corrected chi connectivity index (χ2v) is 9.66. The predicted octanol–water partition coefficient (Wildman–Crippen LogP) is 3.66. The molecule has 3 heterocycles. The van der Waals surface area contributed by atoms with Gasteiger partial charge in [-0.1, -0.05) is 13.3 Å². The maximum atomic E-state index is 5.79. The summed E-state index contributed by atoms with van der Waals surface area (Å²) in [5.41, 5.74) is 0. The molecule has 2 saturated heterocycles. The third kappa shape index (κ3) is 6.66. The van der Waals surface area contributed by atoms with Crippen molar-refractivity contribution >= 4 is 17.7 Å². The zero-order valence-electron chi connectivity index (χ0n) is 18.1. The molecule has 1 atom stereocenters. The highest BCUT2D eigenvalue weighted by Gasteiger charge is 2.32. The Morgan fingerprint density at radius 2 is 2.00 bits per heavy atom. The minimum atomic E-state index is 0.211. The highest BCUT2D eigenvalue weighted by molar-refractivity contribution is 8.00. The van der Waals surface area contributed by atoms with Crippen LogP contribution < -0.4 is 10.6 Å². The Bertz CT molecular complexity index is 590. The van der Waals surface area contributed by atoms with Crippen LogP contribution in [-0.2, 0) is 4.74 Å². The first-order valence-electron chi connectivity index (χ1n) is 11.3. The lowest BCUT2D eigenvalue weighted by Gasteiger charge is -2.35. The number of thioether (sulfide) groups is 1. The molecule has 2 aliphatic heterocycles. The molecule has 0 saturated carbocycles. The van der Waals surface area contributed by atoms with Gasteiger partial charge < -0.3 is 19.8 Å². The van der Waals surface area contributed by atoms with Crippen LogP contribution in [0, 0.1) is 0 Å². The molecule has 7 heteroatoms. The van der Waals surface area contributed by atoms with E-state index >= 15 is 0 Å². The first-order valence-corrected chi connectivity index (χ1v) is 12.3. The maximum absolute atomic E-state index is 5.79. The van der Waals surface area contributed by atoms with Gasteiger partial charge in [0.05, 0.1) is 18.8 Å². The van der Waals surface area contributed by atoms with E-state index in [1.54, 1.807) is 6.26 Å². The molecule has 1 unspecified atom stereocenters. The van der Waals surface area contributed by atoms with Gasteiger partial charge >= 0.3 is 0 Å². The quantitative estimate of drug-likeness (QED) is 0.468. The van der Waals surface area contributed by atoms with Crippen LogP contribution in [0.3, 0.4) is 0 Å². The van der Waals surface area contributed by atoms with E-state index < -0.39 is 0 Å². The molecule has 0 bridgehead atoms. The number of guanidine groups is 1. The number of hydrogen-bond donors (Lipinski definition) is 2. The Kier molecular flexibility index (Phi) is 9.21. The molecule has 1 aromatic rings. The molecule has 2 fully saturated rings. The average Bonchev–Trinajstić information content (AvgIpc) is 3.28. The van der Waals surface area contributed by atoms with Crippen molar-refractivity contribution in [3.63, 3.8) is 0 Å². The van der Waals surface area contributed by atoms with Crippen LogP contribution in [0.5, 0.6) is 0 Å². The molecule has 3 rings (SSSR count). The Balaban J connectivity index is 1.65. The zero-order valence-corrected chi connectivity index (χ0v) is 18.9. The lowest BCUT2D eigenvalue weighted by molar-refractivity contribution is 0.0793. The van der Waals surface area contributed by atoms with E-state index in [1.165, 1.54) is 19.3 Å². The van der Waals surface area contributed by atoms with Gasteiger partial charge in [-0.05, 0) is 63.6 Å². The molecule has 2 aliphatic rings. The lowest BCUT2D eigenvalue weighted by Crippen LogP contribution is -2.45. The summed E-state index contributed by atoms with van der Waals surface area (Å²) < 4.78 is 11.6. The summed E-state index contributed by atoms with van der Waals surface area (Å²) in [4.78, 5) is 7.54. The normalized spacial score (nSPS) is 21.7. The third-order valence-electron chi connectivity index (χ3n) is 5.89. The first kappa shape index (κ1) is 22.5. The summed E-state index contributed by atoms with van der Waals surface area (Å²) in [5.74, 6) is 3.07. The second kappa shape index (κ2) is 11.9. The summed E-state index contributed by atoms with van der Waals surface area (Å²) in [6.45, 7) is 10.8. The first-order chi connectivity index (χ1) is 14.3. The van der Waals surface area contributed by atoms with Gasteiger partial charge in [-0.2, -0.15) is 11.8 Å². The van der Waals surface area contributed by atoms with Crippen molar-refractivity contribution in [3.05, 3.63) is 24.2 Å². The molecular formula is C22H38N4O2S. The van der Waals surface area contributed by atoms with Crippen molar-refractivity contribution in [2.45, 2.75) is 56.7 Å². The Morgan fingerprint density at radius 1 is 1.21 bits per heavy atom. The van der Waals surface area contributed by atoms with Crippen molar-refractivity contribution in [1.29, 1.82) is 0 Å². The molecule has 1 aromatic heterocycles. The minimum Gasteiger partial charge on any atom is -0.468 e. The molecule has 164 valence electrons. The standard InChI is InChI=1S/C22H38N4O2S/c1-3-23-21(25-18-22(29-4-2)10-15-27-16-11-22)24-17-19(20-9-8-14-28-20)26-12-6-5-7-13-26/h8-9,14,19H,3-7,10-13,15-18H2,1-2H3,(H2,23,24,25). The van der Waals surface area contributed by atoms with E-state index in [1.807, 2.05) is 17.8 Å². The van der Waals surface area contributed by atoms with Crippen LogP contribution in [-0.4, -0.2) is 67.3 Å². The summed E-state index contributed by atoms with van der Waals surface area (Å²) >= 11 is 2.04. The van der Waals surface area contributed by atoms with Gasteiger partial charge in [-0.15, -0.1) is 0 Å². The number of rotatable bonds is 9. The topological polar surface area (TPSA) is 62.0 Å². The zero-order chi connectivity index (χ0) is 20.4. The van der Waals surface area contributed by atoms with Crippen LogP contribution in [0.1, 0.15) is 57.8 Å². The number of furan rings is 1. The fourth-order valence-electron chi connectivity index (χ4n) is 4.28. The van der Waals surface area contributed by atoms with Crippen molar-refractivity contribution < 1.29 is 9.15 Å². The summed E-state index contributed by atoms with van der Waals surface area (Å²) in [7, 11) is 0. The fourth-order valence-corrected chi connectivity index (χ4v) is 5.50. The smallest absolute Gasteiger partial charge is 0.191 e. The van der Waals surface area contributed by atoms with E-state index in [-0.39, 0.29) is 10.8 Å². The van der Waals surface area contributed by atoms with Gasteiger partial charge in [0.2, 0.25) is 0 Å². The van der Waals surface area contributed by atoms with Gasteiger partial charge in [-0.25, -0.2) is 0 Å². The molecule has 29 heavy (non-hydrogen) atoms. The molecule has 0 radical (unpaired) electrons. The highest BCUT2D eigenvalue weighted by Crippen LogP contribution is 2.35. The van der Waals surface area contributed by atoms with E-state index in [9.17, 15) is 0 Å². The Hall–Kier alpha value is -1.18. The minimum absolute atomic E-state index is 0.211. The molecule has 0 spiro atoms. The fraction of sp³-hybridized carbons (Fsp3) is 0.773. The van der Waals surface area contributed by atoms with Crippen LogP contribution in [0.2, 0.25) is 0 Å². The van der Waals surface area contributed by atoms with Crippen molar-refractivity contribution in [1.82, 2.24) is 15.5 Å². The second-order valence-electron chi connectivity index (χ2n) is 7.93. The number of aliphatic imine (C=N–C) groups is 1. The average molecular weight is 423 g/mol. The number of nitrogens with one attached hydrogen (secondary N) is 2. The largest absolute Gasteiger partial charge is 0.468 e. The third-order valence-corrected chi connectivity index (χ3v) is 7.33. The number of piperidine rings is 1. The molecular weight excluding hydrogens is 384 g/mol. The van der Waals surface area contributed by atoms with Crippen LogP contribution in [0.4, 0.5) is 0 Å². The van der Waals surface area contributed by atoms with Gasteiger partial charge in [0.25, 0.3) is 0 Å². The van der Waals surface area contributed by atoms with Gasteiger partial charge in [-0.3, -0.25) is 9.89 Å². The SMILES string of the molecule is CCNC(=NCC1(SCC)CCOCC1)NCC(c1ccco1)N1CCCCC1. The van der Waals surface area contributed by atoms with Gasteiger partial charge in [0.1, 0.15) is 5.76 Å². The summed E-state index contributed by atoms with van der Waals surface area (Å²) in [6, 6.07) is 4.33. The van der Waals surface area contributed by atoms with E-state index in [0.717, 1.165) is 76.3 Å². The van der Waals surface area contributed by atoms with Crippen LogP contribution in [0.25, 0.3) is 0 Å². The van der Waals surface area contributed by atoms with E-state index in [4.69, 9.17) is 14.1 Å². The van der Waals surface area contributed by atoms with Crippen molar-refractivity contribution in [3.8, 4) is 0 Å². The van der Waals surface area contributed by atoms with Gasteiger partial charge in [0, 0.05) is 31.1 Å². The van der Waals surface area contributed by atoms with E-state index in [2.05, 4.69) is 35.4 Å². The molecule has 0 aliphatic carbocycles. The highest BCUT2D eigenvalue weighted by atomic mass is 32.2. The van der Waals surface area contributed by atoms with Gasteiger partial charge in [0.15, 0.2) is 5.96 Å². The van der Waals surface area contributed by atoms with E-state index in [0.29, 0.717) is 0 Å². The molecule has 2 N–H and O–H groups in total. The Labute approximate surface area is 180 Å². The van der Waals surface area contributed by atoms with Crippen molar-refractivity contribution in [2.24, 2.45) is 4.99 Å². The molecule has 0 amide bonds. The van der Waals surface area contributed by atoms with Crippen LogP contribution >= 0.6 is 11.8 Å². The lowest BCUT2D eigenvalue weighted by atomic mass is 9.99.